The highest BCUT2D eigenvalue weighted by molar-refractivity contribution is 8.05. The minimum atomic E-state index is -0.739. The van der Waals surface area contributed by atoms with E-state index >= 15 is 0 Å². The fraction of sp³-hybridized carbons (Fsp3) is 0.316. The maximum Gasteiger partial charge on any atom is 0.306 e. The minimum Gasteiger partial charge on any atom is -0.463 e. The van der Waals surface area contributed by atoms with E-state index in [4.69, 9.17) is 24.7 Å². The number of Topliss-reactive ketones (excluding diaryl/α,β-unsaturated/α-hetero) is 1. The normalized spacial score (nSPS) is 19.7. The summed E-state index contributed by atoms with van der Waals surface area (Å²) in [7, 11) is 0. The number of amides is 1. The van der Waals surface area contributed by atoms with Gasteiger partial charge in [0.25, 0.3) is 0 Å². The zero-order chi connectivity index (χ0) is 20.4. The molecule has 0 bridgehead atoms. The number of carbonyl (C=O) groups excluding carboxylic acids is 2. The van der Waals surface area contributed by atoms with E-state index in [1.807, 2.05) is 6.07 Å². The molecule has 4 heterocycles. The summed E-state index contributed by atoms with van der Waals surface area (Å²) in [5, 5.41) is 12.9. The second-order valence-corrected chi connectivity index (χ2v) is 7.63. The highest BCUT2D eigenvalue weighted by atomic mass is 32.2. The van der Waals surface area contributed by atoms with Gasteiger partial charge >= 0.3 is 5.91 Å². The number of nitrogens with one attached hydrogen (secondary N) is 1. The molecule has 0 spiro atoms. The Bertz CT molecular complexity index is 985. The summed E-state index contributed by atoms with van der Waals surface area (Å²) >= 11 is 1.15. The lowest BCUT2D eigenvalue weighted by Gasteiger charge is -2.23. The lowest BCUT2D eigenvalue weighted by atomic mass is 9.94. The number of nitrogens with two attached hydrogens (primary N) is 1. The van der Waals surface area contributed by atoms with Gasteiger partial charge in [-0.25, -0.2) is 10.9 Å². The van der Waals surface area contributed by atoms with E-state index in [0.717, 1.165) is 16.8 Å². The monoisotopic (exact) mass is 414 g/mol. The van der Waals surface area contributed by atoms with Gasteiger partial charge in [0.1, 0.15) is 6.07 Å². The third kappa shape index (κ3) is 3.80. The first-order chi connectivity index (χ1) is 14.1. The SMILES string of the molecule is N#Cc1ccc(C(=O)N(N)C2NC(c3ccco3)=C(C(=O)C3CCOCC3)S2)o1. The molecule has 150 valence electrons. The van der Waals surface area contributed by atoms with E-state index < -0.39 is 11.4 Å². The predicted octanol–water partition coefficient (Wildman–Crippen LogP) is 2.04. The molecule has 0 radical (unpaired) electrons. The molecule has 3 N–H and O–H groups in total. The molecule has 10 heteroatoms. The van der Waals surface area contributed by atoms with Crippen LogP contribution in [0, 0.1) is 17.2 Å². The van der Waals surface area contributed by atoms with Crippen LogP contribution in [-0.2, 0) is 9.53 Å². The molecule has 0 saturated carbocycles. The Morgan fingerprint density at radius 3 is 2.72 bits per heavy atom. The Morgan fingerprint density at radius 1 is 1.28 bits per heavy atom. The third-order valence-electron chi connectivity index (χ3n) is 4.72. The molecule has 1 fully saturated rings. The fourth-order valence-electron chi connectivity index (χ4n) is 3.19. The van der Waals surface area contributed by atoms with Crippen molar-refractivity contribution in [2.45, 2.75) is 18.3 Å². The zero-order valence-electron chi connectivity index (χ0n) is 15.3. The number of hydrogen-bond acceptors (Lipinski definition) is 9. The van der Waals surface area contributed by atoms with Crippen molar-refractivity contribution in [3.8, 4) is 6.07 Å². The third-order valence-corrected chi connectivity index (χ3v) is 5.93. The van der Waals surface area contributed by atoms with Crippen LogP contribution in [0.15, 0.2) is 44.3 Å². The molecule has 1 amide bonds. The van der Waals surface area contributed by atoms with Gasteiger partial charge in [-0.05, 0) is 37.1 Å². The Balaban J connectivity index is 1.56. The number of ketones is 1. The Kier molecular flexibility index (Phi) is 5.44. The van der Waals surface area contributed by atoms with Crippen LogP contribution in [0.4, 0.5) is 0 Å². The lowest BCUT2D eigenvalue weighted by Crippen LogP contribution is -2.48. The van der Waals surface area contributed by atoms with Crippen LogP contribution in [0.2, 0.25) is 0 Å². The molecule has 1 saturated heterocycles. The highest BCUT2D eigenvalue weighted by Crippen LogP contribution is 2.39. The van der Waals surface area contributed by atoms with E-state index in [9.17, 15) is 9.59 Å². The van der Waals surface area contributed by atoms with Gasteiger partial charge in [0.05, 0.1) is 16.9 Å². The molecule has 1 unspecified atom stereocenters. The first kappa shape index (κ1) is 19.3. The molecule has 2 aromatic rings. The van der Waals surface area contributed by atoms with Crippen molar-refractivity contribution in [2.24, 2.45) is 11.8 Å². The van der Waals surface area contributed by atoms with Gasteiger partial charge < -0.3 is 18.9 Å². The first-order valence-electron chi connectivity index (χ1n) is 9.00. The second-order valence-electron chi connectivity index (χ2n) is 6.53. The summed E-state index contributed by atoms with van der Waals surface area (Å²) in [6.07, 6.45) is 2.80. The summed E-state index contributed by atoms with van der Waals surface area (Å²) in [6, 6.07) is 8.05. The smallest absolute Gasteiger partial charge is 0.306 e. The maximum atomic E-state index is 13.1. The van der Waals surface area contributed by atoms with Crippen molar-refractivity contribution < 1.29 is 23.2 Å². The summed E-state index contributed by atoms with van der Waals surface area (Å²) in [5.74, 6) is 5.68. The van der Waals surface area contributed by atoms with Gasteiger partial charge in [0.2, 0.25) is 5.76 Å². The van der Waals surface area contributed by atoms with Crippen molar-refractivity contribution in [1.29, 1.82) is 5.26 Å². The Morgan fingerprint density at radius 2 is 2.07 bits per heavy atom. The number of nitriles is 1. The molecule has 2 aliphatic rings. The average molecular weight is 414 g/mol. The summed E-state index contributed by atoms with van der Waals surface area (Å²) in [5.41, 5.74) is -0.237. The molecular formula is C19H18N4O5S. The first-order valence-corrected chi connectivity index (χ1v) is 9.88. The van der Waals surface area contributed by atoms with Crippen molar-refractivity contribution >= 4 is 29.1 Å². The quantitative estimate of drug-likeness (QED) is 0.428. The van der Waals surface area contributed by atoms with Crippen molar-refractivity contribution in [1.82, 2.24) is 10.3 Å². The number of hydrogen-bond donors (Lipinski definition) is 2. The van der Waals surface area contributed by atoms with Gasteiger partial charge in [0, 0.05) is 19.1 Å². The van der Waals surface area contributed by atoms with Gasteiger partial charge in [-0.3, -0.25) is 9.59 Å². The molecule has 0 aromatic carbocycles. The number of furan rings is 2. The summed E-state index contributed by atoms with van der Waals surface area (Å²) in [4.78, 5) is 26.2. The van der Waals surface area contributed by atoms with Crippen LogP contribution >= 0.6 is 11.8 Å². The predicted molar refractivity (Wildman–Crippen MR) is 102 cm³/mol. The van der Waals surface area contributed by atoms with Crippen molar-refractivity contribution in [2.75, 3.05) is 13.2 Å². The van der Waals surface area contributed by atoms with Crippen LogP contribution in [-0.4, -0.2) is 35.4 Å². The van der Waals surface area contributed by atoms with Crippen molar-refractivity contribution in [3.05, 3.63) is 52.7 Å². The molecule has 4 rings (SSSR count). The van der Waals surface area contributed by atoms with Crippen LogP contribution < -0.4 is 11.2 Å². The van der Waals surface area contributed by atoms with Gasteiger partial charge in [-0.2, -0.15) is 5.26 Å². The number of hydrazine groups is 1. The standard InChI is InChI=1S/C19H18N4O5S/c20-10-12-3-4-14(28-12)18(25)23(21)19-22-15(13-2-1-7-27-13)17(29-19)16(24)11-5-8-26-9-6-11/h1-4,7,11,19,22H,5-6,8-9,21H2. The lowest BCUT2D eigenvalue weighted by molar-refractivity contribution is -0.121. The molecular weight excluding hydrogens is 396 g/mol. The molecule has 0 aliphatic carbocycles. The van der Waals surface area contributed by atoms with Crippen LogP contribution in [0.25, 0.3) is 5.70 Å². The molecule has 1 atom stereocenters. The molecule has 29 heavy (non-hydrogen) atoms. The van der Waals surface area contributed by atoms with E-state index in [-0.39, 0.29) is 23.2 Å². The van der Waals surface area contributed by atoms with E-state index in [0.29, 0.717) is 42.4 Å². The van der Waals surface area contributed by atoms with Crippen LogP contribution in [0.5, 0.6) is 0 Å². The largest absolute Gasteiger partial charge is 0.463 e. The van der Waals surface area contributed by atoms with E-state index in [2.05, 4.69) is 5.32 Å². The maximum absolute atomic E-state index is 13.1. The Labute approximate surface area is 170 Å². The number of rotatable bonds is 5. The van der Waals surface area contributed by atoms with E-state index in [1.54, 1.807) is 12.1 Å². The van der Waals surface area contributed by atoms with Gasteiger partial charge in [-0.1, -0.05) is 11.8 Å². The molecule has 2 aliphatic heterocycles. The number of thioether (sulfide) groups is 1. The minimum absolute atomic E-state index is 0.0126. The number of nitrogens with zero attached hydrogens (tertiary/aromatic N) is 2. The topological polar surface area (TPSA) is 135 Å². The van der Waals surface area contributed by atoms with Gasteiger partial charge in [-0.15, -0.1) is 0 Å². The second kappa shape index (κ2) is 8.16. The summed E-state index contributed by atoms with van der Waals surface area (Å²) in [6.45, 7) is 1.09. The Hall–Kier alpha value is -3.00. The molecule has 2 aromatic heterocycles. The number of carbonyl (C=O) groups is 2. The zero-order valence-corrected chi connectivity index (χ0v) is 16.1. The van der Waals surface area contributed by atoms with Gasteiger partial charge in [0.15, 0.2) is 22.8 Å². The number of allylic oxidation sites excluding steroid dienone is 1. The molecule has 9 nitrogen and oxygen atoms in total. The van der Waals surface area contributed by atoms with Crippen LogP contribution in [0.3, 0.4) is 0 Å². The van der Waals surface area contributed by atoms with Crippen molar-refractivity contribution in [3.63, 3.8) is 0 Å². The van der Waals surface area contributed by atoms with E-state index in [1.165, 1.54) is 18.4 Å². The fourth-order valence-corrected chi connectivity index (χ4v) is 4.36. The summed E-state index contributed by atoms with van der Waals surface area (Å²) < 4.78 is 16.0. The number of ether oxygens (including phenoxy) is 1. The van der Waals surface area contributed by atoms with Crippen LogP contribution in [0.1, 0.15) is 34.9 Å². The highest BCUT2D eigenvalue weighted by Gasteiger charge is 2.38. The average Bonchev–Trinajstić information content (AvgIpc) is 3.52.